The molecule has 0 atom stereocenters. The van der Waals surface area contributed by atoms with Crippen molar-refractivity contribution in [2.24, 2.45) is 5.92 Å². The summed E-state index contributed by atoms with van der Waals surface area (Å²) in [5, 5.41) is 2.72. The SMILES string of the molecule is O=C(CCS(=O)(=O)c1cc(Br)cc2c1N(C(=O)C1CC1)CC2)NCc1cccnc1. The maximum atomic E-state index is 13.1. The lowest BCUT2D eigenvalue weighted by atomic mass is 10.2. The summed E-state index contributed by atoms with van der Waals surface area (Å²) in [6, 6.07) is 7.02. The zero-order valence-corrected chi connectivity index (χ0v) is 18.7. The van der Waals surface area contributed by atoms with Crippen molar-refractivity contribution in [3.05, 3.63) is 52.3 Å². The number of carbonyl (C=O) groups excluding carboxylic acids is 2. The van der Waals surface area contributed by atoms with Crippen LogP contribution >= 0.6 is 15.9 Å². The molecule has 0 spiro atoms. The largest absolute Gasteiger partial charge is 0.352 e. The summed E-state index contributed by atoms with van der Waals surface area (Å²) in [5.74, 6) is -0.657. The Morgan fingerprint density at radius 2 is 2.07 bits per heavy atom. The lowest BCUT2D eigenvalue weighted by Gasteiger charge is -2.20. The fourth-order valence-electron chi connectivity index (χ4n) is 3.61. The molecule has 0 bridgehead atoms. The number of pyridine rings is 1. The van der Waals surface area contributed by atoms with Crippen molar-refractivity contribution < 1.29 is 18.0 Å². The van der Waals surface area contributed by atoms with Gasteiger partial charge in [0.25, 0.3) is 0 Å². The lowest BCUT2D eigenvalue weighted by Crippen LogP contribution is -2.31. The lowest BCUT2D eigenvalue weighted by molar-refractivity contribution is -0.121. The van der Waals surface area contributed by atoms with Crippen molar-refractivity contribution in [1.82, 2.24) is 10.3 Å². The van der Waals surface area contributed by atoms with Crippen LogP contribution in [0.4, 0.5) is 5.69 Å². The summed E-state index contributed by atoms with van der Waals surface area (Å²) >= 11 is 3.38. The van der Waals surface area contributed by atoms with Gasteiger partial charge in [0.05, 0.1) is 16.3 Å². The Kier molecular flexibility index (Phi) is 5.92. The summed E-state index contributed by atoms with van der Waals surface area (Å²) in [6.45, 7) is 0.790. The number of benzene rings is 1. The molecular weight excluding hydrogens is 470 g/mol. The summed E-state index contributed by atoms with van der Waals surface area (Å²) in [7, 11) is -3.75. The second kappa shape index (κ2) is 8.47. The Morgan fingerprint density at radius 1 is 1.27 bits per heavy atom. The molecule has 30 heavy (non-hydrogen) atoms. The number of carbonyl (C=O) groups is 2. The fourth-order valence-corrected chi connectivity index (χ4v) is 5.78. The molecule has 1 aromatic heterocycles. The van der Waals surface area contributed by atoms with Crippen LogP contribution in [0.15, 0.2) is 46.0 Å². The van der Waals surface area contributed by atoms with Crippen LogP contribution < -0.4 is 10.2 Å². The second-order valence-electron chi connectivity index (χ2n) is 7.63. The molecule has 2 amide bonds. The van der Waals surface area contributed by atoms with Crippen molar-refractivity contribution in [2.45, 2.75) is 37.1 Å². The molecule has 2 aromatic rings. The Hall–Kier alpha value is -2.26. The van der Waals surface area contributed by atoms with Crippen molar-refractivity contribution in [3.63, 3.8) is 0 Å². The van der Waals surface area contributed by atoms with E-state index in [1.54, 1.807) is 29.4 Å². The van der Waals surface area contributed by atoms with Crippen molar-refractivity contribution in [3.8, 4) is 0 Å². The number of sulfone groups is 1. The highest BCUT2D eigenvalue weighted by Crippen LogP contribution is 2.41. The summed E-state index contributed by atoms with van der Waals surface area (Å²) in [4.78, 5) is 30.6. The van der Waals surface area contributed by atoms with E-state index in [0.717, 1.165) is 24.0 Å². The third-order valence-corrected chi connectivity index (χ3v) is 7.51. The van der Waals surface area contributed by atoms with Gasteiger partial charge in [-0.3, -0.25) is 14.6 Å². The number of halogens is 1. The molecule has 0 unspecified atom stereocenters. The molecule has 0 saturated heterocycles. The highest BCUT2D eigenvalue weighted by Gasteiger charge is 2.39. The summed E-state index contributed by atoms with van der Waals surface area (Å²) in [6.07, 6.45) is 5.49. The predicted octanol–water partition coefficient (Wildman–Crippen LogP) is 2.62. The zero-order valence-electron chi connectivity index (χ0n) is 16.3. The number of fused-ring (bicyclic) bond motifs is 1. The predicted molar refractivity (Wildman–Crippen MR) is 116 cm³/mol. The standard InChI is InChI=1S/C21H22BrN3O4S/c22-17-10-16-5-8-25(21(27)15-3-4-15)20(16)18(11-17)30(28,29)9-6-19(26)24-13-14-2-1-7-23-12-14/h1-2,7,10-12,15H,3-6,8-9,13H2,(H,24,26). The van der Waals surface area contributed by atoms with E-state index in [1.807, 2.05) is 12.1 Å². The molecular formula is C21H22BrN3O4S. The van der Waals surface area contributed by atoms with E-state index in [2.05, 4.69) is 26.2 Å². The first-order valence-electron chi connectivity index (χ1n) is 9.87. The minimum Gasteiger partial charge on any atom is -0.352 e. The van der Waals surface area contributed by atoms with Crippen molar-refractivity contribution in [2.75, 3.05) is 17.2 Å². The number of rotatable bonds is 7. The number of aromatic nitrogens is 1. The molecule has 1 aromatic carbocycles. The second-order valence-corrected chi connectivity index (χ2v) is 10.6. The number of nitrogens with zero attached hydrogens (tertiary/aromatic N) is 2. The average Bonchev–Trinajstić information content (AvgIpc) is 3.50. The van der Waals surface area contributed by atoms with Gasteiger partial charge in [0.1, 0.15) is 0 Å². The molecule has 1 aliphatic heterocycles. The molecule has 158 valence electrons. The molecule has 2 heterocycles. The van der Waals surface area contributed by atoms with Gasteiger partial charge < -0.3 is 10.2 Å². The number of amides is 2. The molecule has 4 rings (SSSR count). The normalized spacial score (nSPS) is 15.7. The van der Waals surface area contributed by atoms with Crippen LogP contribution in [0.1, 0.15) is 30.4 Å². The molecule has 1 aliphatic carbocycles. The Labute approximate surface area is 183 Å². The van der Waals surface area contributed by atoms with E-state index >= 15 is 0 Å². The van der Waals surface area contributed by atoms with Gasteiger partial charge >= 0.3 is 0 Å². The van der Waals surface area contributed by atoms with E-state index in [1.165, 1.54) is 0 Å². The highest BCUT2D eigenvalue weighted by atomic mass is 79.9. The highest BCUT2D eigenvalue weighted by molar-refractivity contribution is 9.10. The molecule has 9 heteroatoms. The third kappa shape index (κ3) is 4.57. The zero-order chi connectivity index (χ0) is 21.3. The van der Waals surface area contributed by atoms with Crippen LogP contribution in [0, 0.1) is 5.92 Å². The van der Waals surface area contributed by atoms with Crippen LogP contribution in [-0.2, 0) is 32.4 Å². The van der Waals surface area contributed by atoms with Gasteiger partial charge in [0.15, 0.2) is 9.84 Å². The quantitative estimate of drug-likeness (QED) is 0.641. The van der Waals surface area contributed by atoms with Crippen molar-refractivity contribution >= 4 is 43.3 Å². The van der Waals surface area contributed by atoms with Crippen LogP contribution in [0.25, 0.3) is 0 Å². The van der Waals surface area contributed by atoms with Gasteiger partial charge in [-0.2, -0.15) is 0 Å². The first kappa shape index (κ1) is 21.0. The van der Waals surface area contributed by atoms with E-state index in [0.29, 0.717) is 29.7 Å². The number of hydrogen-bond donors (Lipinski definition) is 1. The minimum absolute atomic E-state index is 0.00161. The smallest absolute Gasteiger partial charge is 0.230 e. The molecule has 1 fully saturated rings. The maximum absolute atomic E-state index is 13.1. The third-order valence-electron chi connectivity index (χ3n) is 5.33. The van der Waals surface area contributed by atoms with Gasteiger partial charge in [-0.25, -0.2) is 8.42 Å². The molecule has 1 N–H and O–H groups in total. The van der Waals surface area contributed by atoms with E-state index in [4.69, 9.17) is 0 Å². The van der Waals surface area contributed by atoms with Crippen LogP contribution in [0.5, 0.6) is 0 Å². The van der Waals surface area contributed by atoms with Gasteiger partial charge in [0.2, 0.25) is 11.8 Å². The summed E-state index contributed by atoms with van der Waals surface area (Å²) in [5.41, 5.74) is 2.18. The topological polar surface area (TPSA) is 96.4 Å². The Bertz CT molecular complexity index is 1080. The van der Waals surface area contributed by atoms with E-state index in [-0.39, 0.29) is 34.8 Å². The van der Waals surface area contributed by atoms with Crippen molar-refractivity contribution in [1.29, 1.82) is 0 Å². The van der Waals surface area contributed by atoms with E-state index < -0.39 is 9.84 Å². The molecule has 1 saturated carbocycles. The van der Waals surface area contributed by atoms with Crippen LogP contribution in [-0.4, -0.2) is 37.5 Å². The van der Waals surface area contributed by atoms with E-state index in [9.17, 15) is 18.0 Å². The number of nitrogens with one attached hydrogen (secondary N) is 1. The molecule has 7 nitrogen and oxygen atoms in total. The van der Waals surface area contributed by atoms with Gasteiger partial charge in [-0.15, -0.1) is 0 Å². The number of hydrogen-bond acceptors (Lipinski definition) is 5. The number of anilines is 1. The monoisotopic (exact) mass is 491 g/mol. The average molecular weight is 492 g/mol. The Balaban J connectivity index is 1.49. The molecule has 0 radical (unpaired) electrons. The fraction of sp³-hybridized carbons (Fsp3) is 0.381. The molecule has 2 aliphatic rings. The van der Waals surface area contributed by atoms with Gasteiger partial charge in [-0.05, 0) is 48.6 Å². The minimum atomic E-state index is -3.75. The first-order valence-corrected chi connectivity index (χ1v) is 12.3. The Morgan fingerprint density at radius 3 is 2.77 bits per heavy atom. The maximum Gasteiger partial charge on any atom is 0.230 e. The van der Waals surface area contributed by atoms with Gasteiger partial charge in [0, 0.05) is 42.3 Å². The van der Waals surface area contributed by atoms with Gasteiger partial charge in [-0.1, -0.05) is 22.0 Å². The summed E-state index contributed by atoms with van der Waals surface area (Å²) < 4.78 is 26.9. The van der Waals surface area contributed by atoms with Crippen LogP contribution in [0.2, 0.25) is 0 Å². The van der Waals surface area contributed by atoms with Crippen LogP contribution in [0.3, 0.4) is 0 Å². The first-order chi connectivity index (χ1) is 14.3.